The summed E-state index contributed by atoms with van der Waals surface area (Å²) in [7, 11) is 0. The van der Waals surface area contributed by atoms with Gasteiger partial charge in [-0.2, -0.15) is 0 Å². The van der Waals surface area contributed by atoms with Crippen LogP contribution >= 0.6 is 35.0 Å². The summed E-state index contributed by atoms with van der Waals surface area (Å²) in [6.07, 6.45) is 0.677. The molecular formula is C24H27Cl2N5O2S. The van der Waals surface area contributed by atoms with E-state index in [1.165, 1.54) is 11.8 Å². The lowest BCUT2D eigenvalue weighted by Crippen LogP contribution is -2.31. The molecule has 0 aliphatic heterocycles. The minimum atomic E-state index is -0.353. The number of aromatic nitrogens is 3. The standard InChI is InChI=1S/C24H27Cl2N5O2S/c1-4-31-22(20(13-15(2)3)28-23(33)18-7-5-6-8-19(18)26)29-30-24(31)34-14-21(32)27-17-11-9-16(25)10-12-17/h5-12,15,20H,4,13-14H2,1-3H3,(H,27,32)(H,28,33)/t20-/m1/s1. The van der Waals surface area contributed by atoms with E-state index < -0.39 is 0 Å². The first-order valence-corrected chi connectivity index (χ1v) is 12.7. The number of anilines is 1. The van der Waals surface area contributed by atoms with Crippen LogP contribution in [0.25, 0.3) is 0 Å². The van der Waals surface area contributed by atoms with Crippen LogP contribution in [0.1, 0.15) is 49.4 Å². The maximum atomic E-state index is 12.9. The van der Waals surface area contributed by atoms with Crippen molar-refractivity contribution in [1.82, 2.24) is 20.1 Å². The fraction of sp³-hybridized carbons (Fsp3) is 0.333. The minimum Gasteiger partial charge on any atom is -0.342 e. The molecule has 3 aromatic rings. The van der Waals surface area contributed by atoms with Gasteiger partial charge in [0.2, 0.25) is 5.91 Å². The molecule has 34 heavy (non-hydrogen) atoms. The number of hydrogen-bond acceptors (Lipinski definition) is 5. The molecule has 0 spiro atoms. The summed E-state index contributed by atoms with van der Waals surface area (Å²) in [4.78, 5) is 25.3. The Labute approximate surface area is 213 Å². The highest BCUT2D eigenvalue weighted by atomic mass is 35.5. The summed E-state index contributed by atoms with van der Waals surface area (Å²) in [5, 5.41) is 16.2. The van der Waals surface area contributed by atoms with Crippen LogP contribution in [-0.2, 0) is 11.3 Å². The molecule has 10 heteroatoms. The number of nitrogens with zero attached hydrogens (tertiary/aromatic N) is 3. The predicted molar refractivity (Wildman–Crippen MR) is 138 cm³/mol. The van der Waals surface area contributed by atoms with E-state index in [2.05, 4.69) is 34.7 Å². The second kappa shape index (κ2) is 12.2. The smallest absolute Gasteiger partial charge is 0.253 e. The molecule has 0 saturated carbocycles. The second-order valence-electron chi connectivity index (χ2n) is 8.06. The Morgan fingerprint density at radius 1 is 1.06 bits per heavy atom. The van der Waals surface area contributed by atoms with Crippen LogP contribution in [0.15, 0.2) is 53.7 Å². The van der Waals surface area contributed by atoms with Crippen molar-refractivity contribution in [1.29, 1.82) is 0 Å². The van der Waals surface area contributed by atoms with E-state index in [9.17, 15) is 9.59 Å². The van der Waals surface area contributed by atoms with Gasteiger partial charge in [0.1, 0.15) is 0 Å². The number of thioether (sulfide) groups is 1. The van der Waals surface area contributed by atoms with Crippen molar-refractivity contribution in [2.24, 2.45) is 5.92 Å². The van der Waals surface area contributed by atoms with Crippen LogP contribution in [0.3, 0.4) is 0 Å². The molecule has 2 aromatic carbocycles. The molecule has 3 rings (SSSR count). The Morgan fingerprint density at radius 3 is 2.41 bits per heavy atom. The Hall–Kier alpha value is -2.55. The van der Waals surface area contributed by atoms with Gasteiger partial charge in [-0.05, 0) is 55.7 Å². The minimum absolute atomic E-state index is 0.162. The van der Waals surface area contributed by atoms with Gasteiger partial charge in [-0.25, -0.2) is 0 Å². The zero-order valence-corrected chi connectivity index (χ0v) is 21.5. The molecule has 0 fully saturated rings. The number of carbonyl (C=O) groups excluding carboxylic acids is 2. The van der Waals surface area contributed by atoms with Gasteiger partial charge < -0.3 is 15.2 Å². The van der Waals surface area contributed by atoms with E-state index in [0.29, 0.717) is 51.2 Å². The molecule has 0 bridgehead atoms. The largest absolute Gasteiger partial charge is 0.342 e. The van der Waals surface area contributed by atoms with Gasteiger partial charge in [-0.1, -0.05) is 60.9 Å². The third kappa shape index (κ3) is 6.98. The van der Waals surface area contributed by atoms with Crippen molar-refractivity contribution in [3.63, 3.8) is 0 Å². The van der Waals surface area contributed by atoms with Gasteiger partial charge in [0.15, 0.2) is 11.0 Å². The summed E-state index contributed by atoms with van der Waals surface area (Å²) in [5.74, 6) is 0.697. The van der Waals surface area contributed by atoms with Crippen molar-refractivity contribution in [3.05, 3.63) is 70.0 Å². The number of carbonyl (C=O) groups is 2. The van der Waals surface area contributed by atoms with Crippen LogP contribution in [0.4, 0.5) is 5.69 Å². The molecule has 0 unspecified atom stereocenters. The van der Waals surface area contributed by atoms with Crippen molar-refractivity contribution in [2.45, 2.75) is 44.9 Å². The maximum Gasteiger partial charge on any atom is 0.253 e. The number of benzene rings is 2. The predicted octanol–water partition coefficient (Wildman–Crippen LogP) is 5.85. The third-order valence-corrected chi connectivity index (χ3v) is 6.51. The van der Waals surface area contributed by atoms with Crippen LogP contribution in [0.5, 0.6) is 0 Å². The average Bonchev–Trinajstić information content (AvgIpc) is 3.21. The molecule has 0 aliphatic rings. The molecule has 2 N–H and O–H groups in total. The molecule has 1 atom stereocenters. The first-order chi connectivity index (χ1) is 16.3. The van der Waals surface area contributed by atoms with Crippen molar-refractivity contribution >= 4 is 52.5 Å². The topological polar surface area (TPSA) is 88.9 Å². The van der Waals surface area contributed by atoms with Gasteiger partial charge in [-0.3, -0.25) is 9.59 Å². The molecule has 1 heterocycles. The van der Waals surface area contributed by atoms with Crippen LogP contribution in [-0.4, -0.2) is 32.3 Å². The fourth-order valence-electron chi connectivity index (χ4n) is 3.40. The first-order valence-electron chi connectivity index (χ1n) is 10.9. The Kier molecular flexibility index (Phi) is 9.38. The average molecular weight is 520 g/mol. The van der Waals surface area contributed by atoms with E-state index in [4.69, 9.17) is 23.2 Å². The zero-order chi connectivity index (χ0) is 24.7. The maximum absolute atomic E-state index is 12.9. The highest BCUT2D eigenvalue weighted by molar-refractivity contribution is 7.99. The van der Waals surface area contributed by atoms with E-state index in [1.54, 1.807) is 48.5 Å². The van der Waals surface area contributed by atoms with E-state index in [0.717, 1.165) is 0 Å². The summed E-state index contributed by atoms with van der Waals surface area (Å²) < 4.78 is 1.93. The van der Waals surface area contributed by atoms with Crippen LogP contribution < -0.4 is 10.6 Å². The lowest BCUT2D eigenvalue weighted by molar-refractivity contribution is -0.113. The Bertz CT molecular complexity index is 1130. The monoisotopic (exact) mass is 519 g/mol. The fourth-order valence-corrected chi connectivity index (χ4v) is 4.56. The van der Waals surface area contributed by atoms with Gasteiger partial charge in [-0.15, -0.1) is 10.2 Å². The molecule has 7 nitrogen and oxygen atoms in total. The second-order valence-corrected chi connectivity index (χ2v) is 9.85. The van der Waals surface area contributed by atoms with Crippen molar-refractivity contribution in [3.8, 4) is 0 Å². The van der Waals surface area contributed by atoms with Gasteiger partial charge >= 0.3 is 0 Å². The zero-order valence-electron chi connectivity index (χ0n) is 19.2. The lowest BCUT2D eigenvalue weighted by atomic mass is 10.0. The van der Waals surface area contributed by atoms with Gasteiger partial charge in [0, 0.05) is 17.3 Å². The molecule has 0 radical (unpaired) electrons. The quantitative estimate of drug-likeness (QED) is 0.327. The number of hydrogen-bond donors (Lipinski definition) is 2. The summed E-state index contributed by atoms with van der Waals surface area (Å²) in [6, 6.07) is 13.5. The number of rotatable bonds is 10. The highest BCUT2D eigenvalue weighted by Gasteiger charge is 2.25. The van der Waals surface area contributed by atoms with Crippen LogP contribution in [0.2, 0.25) is 10.0 Å². The van der Waals surface area contributed by atoms with Gasteiger partial charge in [0.25, 0.3) is 5.91 Å². The normalized spacial score (nSPS) is 11.9. The van der Waals surface area contributed by atoms with Gasteiger partial charge in [0.05, 0.1) is 22.4 Å². The molecule has 1 aromatic heterocycles. The molecular weight excluding hydrogens is 493 g/mol. The van der Waals surface area contributed by atoms with E-state index in [-0.39, 0.29) is 23.6 Å². The Morgan fingerprint density at radius 2 is 1.76 bits per heavy atom. The first kappa shape index (κ1) is 26.1. The van der Waals surface area contributed by atoms with Crippen molar-refractivity contribution < 1.29 is 9.59 Å². The summed E-state index contributed by atoms with van der Waals surface area (Å²) in [5.41, 5.74) is 1.08. The molecule has 0 aliphatic carbocycles. The number of nitrogens with one attached hydrogen (secondary N) is 2. The molecule has 0 saturated heterocycles. The lowest BCUT2D eigenvalue weighted by Gasteiger charge is -2.21. The highest BCUT2D eigenvalue weighted by Crippen LogP contribution is 2.26. The van der Waals surface area contributed by atoms with Crippen molar-refractivity contribution in [2.75, 3.05) is 11.1 Å². The summed E-state index contributed by atoms with van der Waals surface area (Å²) >= 11 is 13.4. The SMILES string of the molecule is CCn1c(SCC(=O)Nc2ccc(Cl)cc2)nnc1[C@@H](CC(C)C)NC(=O)c1ccccc1Cl. The third-order valence-electron chi connectivity index (χ3n) is 4.96. The number of halogens is 2. The molecule has 2 amide bonds. The molecule has 180 valence electrons. The Balaban J connectivity index is 1.73. The summed E-state index contributed by atoms with van der Waals surface area (Å²) in [6.45, 7) is 6.74. The number of amides is 2. The van der Waals surface area contributed by atoms with E-state index >= 15 is 0 Å². The van der Waals surface area contributed by atoms with Crippen LogP contribution in [0, 0.1) is 5.92 Å². The van der Waals surface area contributed by atoms with E-state index in [1.807, 2.05) is 11.5 Å².